The van der Waals surface area contributed by atoms with Gasteiger partial charge < -0.3 is 21.5 Å². The zero-order valence-electron chi connectivity index (χ0n) is 10.4. The third-order valence-corrected chi connectivity index (χ3v) is 2.68. The average molecular weight is 317 g/mol. The third-order valence-electron chi connectivity index (χ3n) is 1.55. The molecular formula is C8H20N3O6PS. The highest BCUT2D eigenvalue weighted by Crippen LogP contribution is 2.04. The fourth-order valence-electron chi connectivity index (χ4n) is 0.722. The maximum absolute atomic E-state index is 10.3. The van der Waals surface area contributed by atoms with Gasteiger partial charge in [0, 0.05) is 18.4 Å². The maximum Gasteiger partial charge on any atom is 0.521 e. The predicted octanol–water partition coefficient (Wildman–Crippen LogP) is -0.362. The summed E-state index contributed by atoms with van der Waals surface area (Å²) in [6, 6.07) is -0.748. The van der Waals surface area contributed by atoms with Crippen LogP contribution in [0, 0.1) is 0 Å². The Balaban J connectivity index is -0.000000414. The van der Waals surface area contributed by atoms with Crippen LogP contribution in [0.4, 0.5) is 0 Å². The van der Waals surface area contributed by atoms with Crippen molar-refractivity contribution in [2.24, 2.45) is 16.5 Å². The largest absolute Gasteiger partial charge is 0.565 e. The number of rotatable bonds is 8. The van der Waals surface area contributed by atoms with Crippen LogP contribution in [0.2, 0.25) is 0 Å². The van der Waals surface area contributed by atoms with Crippen molar-refractivity contribution in [1.82, 2.24) is 0 Å². The van der Waals surface area contributed by atoms with E-state index in [1.165, 1.54) is 0 Å². The van der Waals surface area contributed by atoms with E-state index in [0.717, 1.165) is 11.5 Å². The van der Waals surface area contributed by atoms with Gasteiger partial charge in [0.15, 0.2) is 0 Å². The minimum absolute atomic E-state index is 0. The van der Waals surface area contributed by atoms with E-state index >= 15 is 0 Å². The van der Waals surface area contributed by atoms with Crippen molar-refractivity contribution < 1.29 is 30.7 Å². The number of aliphatic imine (C=N–C) groups is 1. The first-order chi connectivity index (χ1) is 8.81. The lowest BCUT2D eigenvalue weighted by atomic mass is 10.2. The van der Waals surface area contributed by atoms with E-state index in [1.807, 2.05) is 0 Å². The summed E-state index contributed by atoms with van der Waals surface area (Å²) in [4.78, 5) is 23.3. The standard InChI is InChI=1S/C8H17N3O2S.HO4P.H2/c1-6(9)11-3-5-14-4-2-7(10)8(12)13;1-4-5(2)3;/h7H,2-5,10H2,1H3,(H2,9,11)(H,12,13);1H;1H/t7-;;/m0../s1. The van der Waals surface area contributed by atoms with Gasteiger partial charge in [-0.25, -0.2) is 5.26 Å². The smallest absolute Gasteiger partial charge is 0.521 e. The molecule has 0 heterocycles. The van der Waals surface area contributed by atoms with Gasteiger partial charge in [0.05, 0.1) is 5.84 Å². The Morgan fingerprint density at radius 1 is 1.63 bits per heavy atom. The van der Waals surface area contributed by atoms with E-state index in [1.54, 1.807) is 18.7 Å². The quantitative estimate of drug-likeness (QED) is 0.116. The second-order valence-electron chi connectivity index (χ2n) is 3.17. The maximum atomic E-state index is 10.3. The molecule has 114 valence electrons. The number of amidine groups is 1. The predicted molar refractivity (Wildman–Crippen MR) is 73.2 cm³/mol. The summed E-state index contributed by atoms with van der Waals surface area (Å²) < 4.78 is 11.6. The Morgan fingerprint density at radius 3 is 2.53 bits per heavy atom. The van der Waals surface area contributed by atoms with Gasteiger partial charge in [0.1, 0.15) is 6.04 Å². The molecule has 9 nitrogen and oxygen atoms in total. The Morgan fingerprint density at radius 2 is 2.16 bits per heavy atom. The number of carbonyl (C=O) groups is 1. The Bertz CT molecular complexity index is 306. The summed E-state index contributed by atoms with van der Waals surface area (Å²) in [7, 11) is -3.04. The van der Waals surface area contributed by atoms with Crippen LogP contribution in [0.15, 0.2) is 4.99 Å². The molecular weight excluding hydrogens is 297 g/mol. The topological polar surface area (TPSA) is 171 Å². The summed E-state index contributed by atoms with van der Waals surface area (Å²) in [5, 5.41) is 15.5. The lowest BCUT2D eigenvalue weighted by Gasteiger charge is -2.04. The average Bonchev–Trinajstić information content (AvgIpc) is 2.33. The Hall–Kier alpha value is -0.770. The van der Waals surface area contributed by atoms with E-state index in [0.29, 0.717) is 18.8 Å². The number of carboxylic acids is 1. The highest BCUT2D eigenvalue weighted by Gasteiger charge is 2.09. The van der Waals surface area contributed by atoms with Gasteiger partial charge in [-0.05, 0) is 23.7 Å². The number of carboxylic acid groups (broad SMARTS) is 1. The second kappa shape index (κ2) is 13.7. The van der Waals surface area contributed by atoms with Crippen molar-refractivity contribution in [2.75, 3.05) is 18.1 Å². The molecule has 0 aromatic rings. The number of hydrogen-bond acceptors (Lipinski definition) is 8. The van der Waals surface area contributed by atoms with Gasteiger partial charge in [0.2, 0.25) is 0 Å². The molecule has 6 N–H and O–H groups in total. The normalized spacial score (nSPS) is 13.3. The van der Waals surface area contributed by atoms with Gasteiger partial charge in [-0.2, -0.15) is 11.8 Å². The summed E-state index contributed by atoms with van der Waals surface area (Å²) in [5.74, 6) is 1.22. The zero-order valence-corrected chi connectivity index (χ0v) is 12.1. The molecule has 0 aliphatic rings. The van der Waals surface area contributed by atoms with Gasteiger partial charge in [0.25, 0.3) is 0 Å². The van der Waals surface area contributed by atoms with E-state index < -0.39 is 20.3 Å². The lowest BCUT2D eigenvalue weighted by molar-refractivity contribution is -0.244. The summed E-state index contributed by atoms with van der Waals surface area (Å²) in [5.41, 5.74) is 10.7. The van der Waals surface area contributed by atoms with Gasteiger partial charge in [-0.3, -0.25) is 9.79 Å². The van der Waals surface area contributed by atoms with Crippen LogP contribution in [-0.2, 0) is 14.0 Å². The van der Waals surface area contributed by atoms with Crippen molar-refractivity contribution in [3.63, 3.8) is 0 Å². The van der Waals surface area contributed by atoms with Crippen LogP contribution in [0.1, 0.15) is 14.8 Å². The Kier molecular flexibility index (Phi) is 14.8. The van der Waals surface area contributed by atoms with Crippen molar-refractivity contribution >= 4 is 31.8 Å². The van der Waals surface area contributed by atoms with Crippen LogP contribution in [0.25, 0.3) is 0 Å². The van der Waals surface area contributed by atoms with Crippen LogP contribution < -0.4 is 16.4 Å². The molecule has 0 spiro atoms. The van der Waals surface area contributed by atoms with Crippen molar-refractivity contribution in [3.05, 3.63) is 0 Å². The van der Waals surface area contributed by atoms with E-state index in [2.05, 4.69) is 9.67 Å². The molecule has 0 fully saturated rings. The van der Waals surface area contributed by atoms with E-state index in [-0.39, 0.29) is 1.43 Å². The number of nitrogens with zero attached hydrogens (tertiary/aromatic N) is 1. The van der Waals surface area contributed by atoms with Crippen molar-refractivity contribution in [2.45, 2.75) is 19.4 Å². The first-order valence-corrected chi connectivity index (χ1v) is 7.34. The van der Waals surface area contributed by atoms with Crippen molar-refractivity contribution in [3.8, 4) is 0 Å². The molecule has 0 aromatic heterocycles. The molecule has 1 unspecified atom stereocenters. The minimum atomic E-state index is -3.04. The van der Waals surface area contributed by atoms with Crippen LogP contribution in [0.5, 0.6) is 0 Å². The Labute approximate surface area is 117 Å². The van der Waals surface area contributed by atoms with E-state index in [9.17, 15) is 4.79 Å². The molecule has 0 bridgehead atoms. The highest BCUT2D eigenvalue weighted by atomic mass is 32.2. The van der Waals surface area contributed by atoms with Crippen LogP contribution >= 0.6 is 20.0 Å². The SMILES string of the molecule is CC(N)=NCCSCC[C@H](N)C(=O)O.O=[P+]([O-])OO.[HH]. The summed E-state index contributed by atoms with van der Waals surface area (Å²) in [6.07, 6.45) is 0.491. The molecule has 0 saturated heterocycles. The van der Waals surface area contributed by atoms with Crippen LogP contribution in [-0.4, -0.2) is 46.3 Å². The molecule has 11 heteroatoms. The fourth-order valence-corrected chi connectivity index (χ4v) is 1.57. The first-order valence-electron chi connectivity index (χ1n) is 5.09. The summed E-state index contributed by atoms with van der Waals surface area (Å²) in [6.45, 7) is 2.42. The first kappa shape index (κ1) is 20.5. The zero-order chi connectivity index (χ0) is 15.3. The molecule has 0 amide bonds. The second-order valence-corrected chi connectivity index (χ2v) is 5.01. The molecule has 0 aliphatic carbocycles. The fraction of sp³-hybridized carbons (Fsp3) is 0.750. The van der Waals surface area contributed by atoms with E-state index in [4.69, 9.17) is 31.3 Å². The molecule has 0 saturated carbocycles. The molecule has 0 aliphatic heterocycles. The molecule has 0 rings (SSSR count). The lowest BCUT2D eigenvalue weighted by Crippen LogP contribution is -2.30. The third kappa shape index (κ3) is 19.7. The number of thioether (sulfide) groups is 1. The molecule has 2 atom stereocenters. The van der Waals surface area contributed by atoms with Crippen molar-refractivity contribution in [1.29, 1.82) is 0 Å². The monoisotopic (exact) mass is 317 g/mol. The number of hydrogen-bond donors (Lipinski definition) is 4. The van der Waals surface area contributed by atoms with Crippen LogP contribution in [0.3, 0.4) is 0 Å². The van der Waals surface area contributed by atoms with Gasteiger partial charge >= 0.3 is 14.2 Å². The summed E-state index contributed by atoms with van der Waals surface area (Å²) >= 11 is 1.63. The van der Waals surface area contributed by atoms with Gasteiger partial charge in [-0.1, -0.05) is 0 Å². The number of nitrogens with two attached hydrogens (primary N) is 2. The van der Waals surface area contributed by atoms with Gasteiger partial charge in [-0.15, -0.1) is 0 Å². The highest BCUT2D eigenvalue weighted by molar-refractivity contribution is 7.99. The molecule has 19 heavy (non-hydrogen) atoms. The number of aliphatic carboxylic acids is 1. The minimum Gasteiger partial charge on any atom is -0.565 e. The molecule has 0 radical (unpaired) electrons. The molecule has 0 aromatic carbocycles.